The summed E-state index contributed by atoms with van der Waals surface area (Å²) in [5.74, 6) is 2.79. The monoisotopic (exact) mass is 445 g/mol. The van der Waals surface area contributed by atoms with Crippen molar-refractivity contribution >= 4 is 17.5 Å². The normalized spacial score (nSPS) is 14.9. The Morgan fingerprint density at radius 1 is 1.09 bits per heavy atom. The van der Waals surface area contributed by atoms with E-state index >= 15 is 0 Å². The maximum Gasteiger partial charge on any atom is 0.227 e. The second kappa shape index (κ2) is 9.77. The van der Waals surface area contributed by atoms with Crippen molar-refractivity contribution in [1.82, 2.24) is 15.0 Å². The SMILES string of the molecule is COc1cnc(N2CCC(Cc3ccncc3)CC2)nc1Nc1cc(C(C)(C)C)ccc1C. The van der Waals surface area contributed by atoms with E-state index in [4.69, 9.17) is 9.72 Å². The fourth-order valence-electron chi connectivity index (χ4n) is 4.29. The first-order valence-corrected chi connectivity index (χ1v) is 11.8. The van der Waals surface area contributed by atoms with E-state index < -0.39 is 0 Å². The van der Waals surface area contributed by atoms with Gasteiger partial charge in [0.15, 0.2) is 11.6 Å². The van der Waals surface area contributed by atoms with E-state index in [0.717, 1.165) is 44.0 Å². The van der Waals surface area contributed by atoms with E-state index in [9.17, 15) is 0 Å². The number of aryl methyl sites for hydroxylation is 1. The van der Waals surface area contributed by atoms with Crippen LogP contribution in [0, 0.1) is 12.8 Å². The van der Waals surface area contributed by atoms with Crippen LogP contribution in [0.15, 0.2) is 48.9 Å². The Hall–Kier alpha value is -3.15. The van der Waals surface area contributed by atoms with Gasteiger partial charge in [-0.2, -0.15) is 4.98 Å². The molecule has 1 aliphatic rings. The molecular weight excluding hydrogens is 410 g/mol. The van der Waals surface area contributed by atoms with Crippen LogP contribution in [0.1, 0.15) is 50.3 Å². The van der Waals surface area contributed by atoms with Gasteiger partial charge in [-0.05, 0) is 72.4 Å². The highest BCUT2D eigenvalue weighted by molar-refractivity contribution is 5.66. The minimum absolute atomic E-state index is 0.0751. The van der Waals surface area contributed by atoms with Crippen LogP contribution >= 0.6 is 0 Å². The van der Waals surface area contributed by atoms with Crippen LogP contribution in [0.2, 0.25) is 0 Å². The second-order valence-corrected chi connectivity index (χ2v) is 9.98. The van der Waals surface area contributed by atoms with Crippen LogP contribution in [0.25, 0.3) is 0 Å². The Labute approximate surface area is 197 Å². The molecule has 1 aromatic carbocycles. The molecule has 0 unspecified atom stereocenters. The molecule has 0 bridgehead atoms. The molecule has 1 N–H and O–H groups in total. The third kappa shape index (κ3) is 5.62. The Kier molecular flexibility index (Phi) is 6.82. The van der Waals surface area contributed by atoms with Gasteiger partial charge in [0.2, 0.25) is 5.95 Å². The summed E-state index contributed by atoms with van der Waals surface area (Å²) < 4.78 is 5.57. The average Bonchev–Trinajstić information content (AvgIpc) is 2.81. The molecule has 3 heterocycles. The lowest BCUT2D eigenvalue weighted by Gasteiger charge is -2.32. The molecule has 0 saturated carbocycles. The van der Waals surface area contributed by atoms with Crippen LogP contribution in [0.3, 0.4) is 0 Å². The lowest BCUT2D eigenvalue weighted by molar-refractivity contribution is 0.398. The number of rotatable bonds is 6. The number of nitrogens with zero attached hydrogens (tertiary/aromatic N) is 4. The van der Waals surface area contributed by atoms with Gasteiger partial charge in [0.1, 0.15) is 0 Å². The Morgan fingerprint density at radius 3 is 2.48 bits per heavy atom. The van der Waals surface area contributed by atoms with Crippen molar-refractivity contribution < 1.29 is 4.74 Å². The third-order valence-corrected chi connectivity index (χ3v) is 6.49. The average molecular weight is 446 g/mol. The summed E-state index contributed by atoms with van der Waals surface area (Å²) >= 11 is 0. The number of benzene rings is 1. The summed E-state index contributed by atoms with van der Waals surface area (Å²) in [4.78, 5) is 15.9. The highest BCUT2D eigenvalue weighted by atomic mass is 16.5. The van der Waals surface area contributed by atoms with Crippen molar-refractivity contribution in [3.8, 4) is 5.75 Å². The van der Waals surface area contributed by atoms with Crippen molar-refractivity contribution in [3.63, 3.8) is 0 Å². The summed E-state index contributed by atoms with van der Waals surface area (Å²) in [7, 11) is 1.66. The number of aromatic nitrogens is 3. The van der Waals surface area contributed by atoms with Gasteiger partial charge in [0, 0.05) is 31.2 Å². The van der Waals surface area contributed by atoms with Crippen LogP contribution in [-0.2, 0) is 11.8 Å². The van der Waals surface area contributed by atoms with Crippen molar-refractivity contribution in [2.24, 2.45) is 5.92 Å². The first-order chi connectivity index (χ1) is 15.8. The van der Waals surface area contributed by atoms with Gasteiger partial charge in [-0.3, -0.25) is 4.98 Å². The molecule has 0 spiro atoms. The Bertz CT molecular complexity index is 1070. The molecule has 1 aliphatic heterocycles. The molecule has 33 heavy (non-hydrogen) atoms. The maximum atomic E-state index is 5.57. The van der Waals surface area contributed by atoms with Crippen molar-refractivity contribution in [2.75, 3.05) is 30.4 Å². The largest absolute Gasteiger partial charge is 0.491 e. The summed E-state index contributed by atoms with van der Waals surface area (Å²) in [6.45, 7) is 10.7. The molecular formula is C27H35N5O. The smallest absolute Gasteiger partial charge is 0.227 e. The van der Waals surface area contributed by atoms with Crippen LogP contribution < -0.4 is 15.0 Å². The minimum atomic E-state index is 0.0751. The summed E-state index contributed by atoms with van der Waals surface area (Å²) in [5, 5.41) is 3.52. The number of ether oxygens (including phenoxy) is 1. The van der Waals surface area contributed by atoms with Gasteiger partial charge in [-0.25, -0.2) is 4.98 Å². The van der Waals surface area contributed by atoms with E-state index in [2.05, 4.69) is 78.2 Å². The number of hydrogen-bond acceptors (Lipinski definition) is 6. The minimum Gasteiger partial charge on any atom is -0.491 e. The Balaban J connectivity index is 1.49. The zero-order chi connectivity index (χ0) is 23.4. The topological polar surface area (TPSA) is 63.2 Å². The van der Waals surface area contributed by atoms with Gasteiger partial charge in [0.05, 0.1) is 13.3 Å². The van der Waals surface area contributed by atoms with Crippen LogP contribution in [0.4, 0.5) is 17.5 Å². The first kappa shape index (κ1) is 23.0. The number of anilines is 3. The molecule has 6 heteroatoms. The number of methoxy groups -OCH3 is 1. The number of hydrogen-bond donors (Lipinski definition) is 1. The molecule has 174 valence electrons. The summed E-state index contributed by atoms with van der Waals surface area (Å²) in [6.07, 6.45) is 8.90. The summed E-state index contributed by atoms with van der Waals surface area (Å²) in [5.41, 5.74) is 4.93. The number of nitrogens with one attached hydrogen (secondary N) is 1. The van der Waals surface area contributed by atoms with Gasteiger partial charge >= 0.3 is 0 Å². The van der Waals surface area contributed by atoms with Crippen LogP contribution in [0.5, 0.6) is 5.75 Å². The fourth-order valence-corrected chi connectivity index (χ4v) is 4.29. The zero-order valence-corrected chi connectivity index (χ0v) is 20.4. The molecule has 1 saturated heterocycles. The van der Waals surface area contributed by atoms with Gasteiger partial charge < -0.3 is 15.0 Å². The predicted octanol–water partition coefficient (Wildman–Crippen LogP) is 5.69. The molecule has 6 nitrogen and oxygen atoms in total. The molecule has 0 atom stereocenters. The van der Waals surface area contributed by atoms with Crippen LogP contribution in [-0.4, -0.2) is 35.2 Å². The lowest BCUT2D eigenvalue weighted by atomic mass is 9.86. The molecule has 0 radical (unpaired) electrons. The lowest BCUT2D eigenvalue weighted by Crippen LogP contribution is -2.35. The predicted molar refractivity (Wildman–Crippen MR) is 135 cm³/mol. The molecule has 2 aromatic heterocycles. The zero-order valence-electron chi connectivity index (χ0n) is 20.4. The van der Waals surface area contributed by atoms with Gasteiger partial charge in [0.25, 0.3) is 0 Å². The molecule has 1 fully saturated rings. The quantitative estimate of drug-likeness (QED) is 0.526. The standard InChI is InChI=1S/C27H35N5O/c1-19-6-7-22(27(2,3)4)17-23(19)30-25-24(33-5)18-29-26(31-25)32-14-10-21(11-15-32)16-20-8-12-28-13-9-20/h6-9,12-13,17-18,21H,10-11,14-16H2,1-5H3,(H,29,30,31). The number of piperidine rings is 1. The van der Waals surface area contributed by atoms with E-state index in [1.54, 1.807) is 13.3 Å². The molecule has 0 amide bonds. The van der Waals surface area contributed by atoms with E-state index in [-0.39, 0.29) is 5.41 Å². The van der Waals surface area contributed by atoms with Crippen molar-refractivity contribution in [2.45, 2.75) is 52.4 Å². The first-order valence-electron chi connectivity index (χ1n) is 11.8. The molecule has 4 rings (SSSR count). The van der Waals surface area contributed by atoms with Crippen molar-refractivity contribution in [1.29, 1.82) is 0 Å². The van der Waals surface area contributed by atoms with E-state index in [1.807, 2.05) is 12.4 Å². The van der Waals surface area contributed by atoms with E-state index in [0.29, 0.717) is 17.5 Å². The number of pyridine rings is 1. The van der Waals surface area contributed by atoms with E-state index in [1.165, 1.54) is 16.7 Å². The molecule has 0 aliphatic carbocycles. The highest BCUT2D eigenvalue weighted by Crippen LogP contribution is 2.32. The van der Waals surface area contributed by atoms with Gasteiger partial charge in [-0.1, -0.05) is 32.9 Å². The maximum absolute atomic E-state index is 5.57. The summed E-state index contributed by atoms with van der Waals surface area (Å²) in [6, 6.07) is 10.8. The highest BCUT2D eigenvalue weighted by Gasteiger charge is 2.23. The van der Waals surface area contributed by atoms with Crippen molar-refractivity contribution in [3.05, 3.63) is 65.6 Å². The van der Waals surface area contributed by atoms with Gasteiger partial charge in [-0.15, -0.1) is 0 Å². The Morgan fingerprint density at radius 2 is 1.82 bits per heavy atom. The molecule has 3 aromatic rings. The second-order valence-electron chi connectivity index (χ2n) is 9.98. The fraction of sp³-hybridized carbons (Fsp3) is 0.444. The third-order valence-electron chi connectivity index (χ3n) is 6.49.